The maximum atomic E-state index is 11.8. The van der Waals surface area contributed by atoms with Crippen molar-refractivity contribution in [2.75, 3.05) is 20.2 Å². The fraction of sp³-hybridized carbons (Fsp3) is 0.462. The first-order valence-electron chi connectivity index (χ1n) is 6.81. The standard InChI is InChI=1S/C13H15N3O6S/c1-15(6-10(17)14-8-2-3-8)11(18)7-22-13(19)9-4-5-12(23-9)16(20)21/h4-5,8H,2-3,6-7H2,1H3,(H,14,17). The highest BCUT2D eigenvalue weighted by atomic mass is 32.1. The number of carbonyl (C=O) groups excluding carboxylic acids is 3. The molecule has 1 heterocycles. The SMILES string of the molecule is CN(CC(=O)NC1CC1)C(=O)COC(=O)c1ccc([N+](=O)[O-])s1. The minimum absolute atomic E-state index is 0.0404. The van der Waals surface area contributed by atoms with Crippen molar-refractivity contribution in [3.05, 3.63) is 27.1 Å². The van der Waals surface area contributed by atoms with Gasteiger partial charge in [-0.05, 0) is 18.9 Å². The first-order valence-corrected chi connectivity index (χ1v) is 7.63. The van der Waals surface area contributed by atoms with Crippen molar-refractivity contribution < 1.29 is 24.0 Å². The molecule has 1 aliphatic carbocycles. The zero-order valence-electron chi connectivity index (χ0n) is 12.3. The lowest BCUT2D eigenvalue weighted by atomic mass is 10.4. The summed E-state index contributed by atoms with van der Waals surface area (Å²) in [5, 5.41) is 13.1. The lowest BCUT2D eigenvalue weighted by Crippen LogP contribution is -2.40. The lowest BCUT2D eigenvalue weighted by Gasteiger charge is -2.16. The predicted octanol–water partition coefficient (Wildman–Crippen LogP) is 0.550. The van der Waals surface area contributed by atoms with Crippen molar-refractivity contribution in [1.82, 2.24) is 10.2 Å². The maximum absolute atomic E-state index is 11.8. The Labute approximate surface area is 135 Å². The molecule has 2 rings (SSSR count). The van der Waals surface area contributed by atoms with E-state index < -0.39 is 23.4 Å². The Hall–Kier alpha value is -2.49. The molecule has 0 saturated heterocycles. The van der Waals surface area contributed by atoms with Gasteiger partial charge in [0, 0.05) is 19.2 Å². The smallest absolute Gasteiger partial charge is 0.349 e. The van der Waals surface area contributed by atoms with E-state index in [4.69, 9.17) is 4.74 Å². The summed E-state index contributed by atoms with van der Waals surface area (Å²) in [6.45, 7) is -0.644. The van der Waals surface area contributed by atoms with Gasteiger partial charge in [-0.2, -0.15) is 0 Å². The van der Waals surface area contributed by atoms with Crippen LogP contribution in [0.3, 0.4) is 0 Å². The molecule has 0 atom stereocenters. The third kappa shape index (κ3) is 5.02. The first-order chi connectivity index (χ1) is 10.9. The Morgan fingerprint density at radius 3 is 2.70 bits per heavy atom. The zero-order valence-corrected chi connectivity index (χ0v) is 13.1. The Bertz CT molecular complexity index is 639. The third-order valence-electron chi connectivity index (χ3n) is 3.05. The van der Waals surface area contributed by atoms with Crippen LogP contribution in [-0.2, 0) is 14.3 Å². The van der Waals surface area contributed by atoms with Gasteiger partial charge in [-0.15, -0.1) is 0 Å². The summed E-state index contributed by atoms with van der Waals surface area (Å²) < 4.78 is 4.81. The van der Waals surface area contributed by atoms with Crippen molar-refractivity contribution in [2.24, 2.45) is 0 Å². The number of nitrogens with zero attached hydrogens (tertiary/aromatic N) is 2. The molecule has 124 valence electrons. The van der Waals surface area contributed by atoms with Crippen LogP contribution < -0.4 is 5.32 Å². The van der Waals surface area contributed by atoms with Gasteiger partial charge in [0.05, 0.1) is 11.5 Å². The van der Waals surface area contributed by atoms with Crippen molar-refractivity contribution in [2.45, 2.75) is 18.9 Å². The van der Waals surface area contributed by atoms with Gasteiger partial charge < -0.3 is 15.0 Å². The molecule has 2 amide bonds. The molecule has 0 aromatic carbocycles. The summed E-state index contributed by atoms with van der Waals surface area (Å²) in [4.78, 5) is 46.2. The number of esters is 1. The second-order valence-corrected chi connectivity index (χ2v) is 6.12. The normalized spacial score (nSPS) is 13.3. The van der Waals surface area contributed by atoms with Gasteiger partial charge in [0.15, 0.2) is 6.61 Å². The van der Waals surface area contributed by atoms with Crippen LogP contribution >= 0.6 is 11.3 Å². The molecule has 0 spiro atoms. The van der Waals surface area contributed by atoms with Crippen molar-refractivity contribution in [3.8, 4) is 0 Å². The molecule has 1 fully saturated rings. The molecule has 1 aromatic heterocycles. The number of nitro groups is 1. The Kier molecular flexibility index (Phi) is 5.27. The summed E-state index contributed by atoms with van der Waals surface area (Å²) in [6.07, 6.45) is 1.90. The van der Waals surface area contributed by atoms with Gasteiger partial charge in [0.25, 0.3) is 5.91 Å². The molecule has 0 bridgehead atoms. The molecule has 1 N–H and O–H groups in total. The van der Waals surface area contributed by atoms with E-state index in [0.29, 0.717) is 11.3 Å². The van der Waals surface area contributed by atoms with Gasteiger partial charge in [-0.25, -0.2) is 4.79 Å². The molecule has 10 heteroatoms. The Morgan fingerprint density at radius 2 is 2.13 bits per heavy atom. The number of amides is 2. The van der Waals surface area contributed by atoms with Gasteiger partial charge in [-0.3, -0.25) is 19.7 Å². The van der Waals surface area contributed by atoms with Crippen molar-refractivity contribution in [3.63, 3.8) is 0 Å². The number of hydrogen-bond donors (Lipinski definition) is 1. The van der Waals surface area contributed by atoms with Gasteiger partial charge in [0.1, 0.15) is 4.88 Å². The molecular formula is C13H15N3O6S. The predicted molar refractivity (Wildman–Crippen MR) is 80.1 cm³/mol. The van der Waals surface area contributed by atoms with Gasteiger partial charge in [0.2, 0.25) is 5.91 Å². The van der Waals surface area contributed by atoms with E-state index in [9.17, 15) is 24.5 Å². The average molecular weight is 341 g/mol. The van der Waals surface area contributed by atoms with Crippen LogP contribution in [0.1, 0.15) is 22.5 Å². The van der Waals surface area contributed by atoms with E-state index in [0.717, 1.165) is 17.7 Å². The lowest BCUT2D eigenvalue weighted by molar-refractivity contribution is -0.380. The minimum Gasteiger partial charge on any atom is -0.451 e. The van der Waals surface area contributed by atoms with Crippen LogP contribution in [-0.4, -0.2) is 53.8 Å². The average Bonchev–Trinajstić information content (AvgIpc) is 3.15. The van der Waals surface area contributed by atoms with E-state index >= 15 is 0 Å². The number of hydrogen-bond acceptors (Lipinski definition) is 7. The summed E-state index contributed by atoms with van der Waals surface area (Å²) in [5.74, 6) is -1.61. The topological polar surface area (TPSA) is 119 Å². The second-order valence-electron chi connectivity index (χ2n) is 5.06. The molecule has 0 radical (unpaired) electrons. The van der Waals surface area contributed by atoms with Crippen LogP contribution in [0.2, 0.25) is 0 Å². The molecule has 1 saturated carbocycles. The fourth-order valence-electron chi connectivity index (χ4n) is 1.65. The summed E-state index contributed by atoms with van der Waals surface area (Å²) >= 11 is 0.671. The highest BCUT2D eigenvalue weighted by molar-refractivity contribution is 7.17. The Morgan fingerprint density at radius 1 is 1.43 bits per heavy atom. The van der Waals surface area contributed by atoms with Crippen LogP contribution in [0.4, 0.5) is 5.00 Å². The molecular weight excluding hydrogens is 326 g/mol. The number of rotatable bonds is 7. The number of nitrogens with one attached hydrogen (secondary N) is 1. The van der Waals surface area contributed by atoms with Crippen LogP contribution in [0.5, 0.6) is 0 Å². The zero-order chi connectivity index (χ0) is 17.0. The number of thiophene rings is 1. The molecule has 1 aliphatic rings. The van der Waals surface area contributed by atoms with E-state index in [1.807, 2.05) is 0 Å². The summed E-state index contributed by atoms with van der Waals surface area (Å²) in [6, 6.07) is 2.67. The fourth-order valence-corrected chi connectivity index (χ4v) is 2.36. The van der Waals surface area contributed by atoms with Crippen molar-refractivity contribution in [1.29, 1.82) is 0 Å². The summed E-state index contributed by atoms with van der Waals surface area (Å²) in [7, 11) is 1.43. The largest absolute Gasteiger partial charge is 0.451 e. The maximum Gasteiger partial charge on any atom is 0.349 e. The van der Waals surface area contributed by atoms with Crippen LogP contribution in [0.25, 0.3) is 0 Å². The highest BCUT2D eigenvalue weighted by Crippen LogP contribution is 2.24. The van der Waals surface area contributed by atoms with Crippen molar-refractivity contribution >= 4 is 34.1 Å². The monoisotopic (exact) mass is 341 g/mol. The van der Waals surface area contributed by atoms with Crippen LogP contribution in [0, 0.1) is 10.1 Å². The second kappa shape index (κ2) is 7.18. The van der Waals surface area contributed by atoms with E-state index in [1.165, 1.54) is 19.2 Å². The minimum atomic E-state index is -0.813. The van der Waals surface area contributed by atoms with Gasteiger partial charge >= 0.3 is 11.0 Å². The Balaban J connectivity index is 1.76. The number of ether oxygens (including phenoxy) is 1. The summed E-state index contributed by atoms with van der Waals surface area (Å²) in [5.41, 5.74) is 0. The molecule has 0 aliphatic heterocycles. The van der Waals surface area contributed by atoms with E-state index in [-0.39, 0.29) is 28.4 Å². The molecule has 9 nitrogen and oxygen atoms in total. The van der Waals surface area contributed by atoms with Crippen LogP contribution in [0.15, 0.2) is 12.1 Å². The molecule has 0 unspecified atom stereocenters. The first kappa shape index (κ1) is 16.9. The molecule has 23 heavy (non-hydrogen) atoms. The number of likely N-dealkylation sites (N-methyl/N-ethyl adjacent to an activating group) is 1. The quantitative estimate of drug-likeness (QED) is 0.439. The number of carbonyl (C=O) groups is 3. The van der Waals surface area contributed by atoms with E-state index in [1.54, 1.807) is 0 Å². The molecule has 1 aromatic rings. The van der Waals surface area contributed by atoms with Gasteiger partial charge in [-0.1, -0.05) is 11.3 Å². The highest BCUT2D eigenvalue weighted by Gasteiger charge is 2.24. The third-order valence-corrected chi connectivity index (χ3v) is 4.07. The van der Waals surface area contributed by atoms with E-state index in [2.05, 4.69) is 5.32 Å².